The predicted molar refractivity (Wildman–Crippen MR) is 47.5 cm³/mol. The summed E-state index contributed by atoms with van der Waals surface area (Å²) in [6.45, 7) is 0. The summed E-state index contributed by atoms with van der Waals surface area (Å²) in [5.41, 5.74) is -2.04. The first-order valence-corrected chi connectivity index (χ1v) is 4.17. The van der Waals surface area contributed by atoms with E-state index in [1.54, 1.807) is 0 Å². The molecule has 0 aliphatic heterocycles. The Bertz CT molecular complexity index is 494. The fourth-order valence-corrected chi connectivity index (χ4v) is 1.28. The van der Waals surface area contributed by atoms with Crippen molar-refractivity contribution < 1.29 is 31.3 Å². The van der Waals surface area contributed by atoms with Gasteiger partial charge < -0.3 is 5.73 Å². The summed E-state index contributed by atoms with van der Waals surface area (Å²) in [4.78, 5) is 8.84. The number of nitro groups is 1. The van der Waals surface area contributed by atoms with E-state index in [4.69, 9.17) is 5.73 Å². The van der Waals surface area contributed by atoms with Gasteiger partial charge in [-0.1, -0.05) is 0 Å². The van der Waals surface area contributed by atoms with E-state index in [9.17, 15) is 36.5 Å². The van der Waals surface area contributed by atoms with Crippen molar-refractivity contribution in [2.24, 2.45) is 0 Å². The maximum absolute atomic E-state index is 12.4. The van der Waals surface area contributed by atoms with Crippen LogP contribution < -0.4 is 5.73 Å². The van der Waals surface area contributed by atoms with Crippen molar-refractivity contribution in [1.29, 1.82) is 0 Å². The summed E-state index contributed by atoms with van der Waals surface area (Å²) in [5.74, 6) is 0. The van der Waals surface area contributed by atoms with Crippen molar-refractivity contribution in [2.45, 2.75) is 12.4 Å². The van der Waals surface area contributed by atoms with Crippen LogP contribution >= 0.6 is 0 Å². The normalized spacial score (nSPS) is 12.6. The van der Waals surface area contributed by atoms with E-state index in [2.05, 4.69) is 0 Å². The van der Waals surface area contributed by atoms with Gasteiger partial charge in [-0.2, -0.15) is 26.3 Å². The third kappa shape index (κ3) is 2.46. The lowest BCUT2D eigenvalue weighted by atomic mass is 10.1. The molecule has 10 heteroatoms. The molecule has 0 unspecified atom stereocenters. The van der Waals surface area contributed by atoms with Gasteiger partial charge in [0.15, 0.2) is 0 Å². The predicted octanol–water partition coefficient (Wildman–Crippen LogP) is 3.21. The number of anilines is 1. The summed E-state index contributed by atoms with van der Waals surface area (Å²) in [6.07, 6.45) is -10.2. The van der Waals surface area contributed by atoms with Gasteiger partial charge in [-0.05, 0) is 12.1 Å². The molecule has 1 aromatic carbocycles. The van der Waals surface area contributed by atoms with Gasteiger partial charge in [0, 0.05) is 0 Å². The molecule has 0 heterocycles. The van der Waals surface area contributed by atoms with Gasteiger partial charge in [-0.3, -0.25) is 10.1 Å². The standard InChI is InChI=1S/C8H4F6N2O2/c9-7(10,11)3-1-2-4(8(12,13)14)6(5(3)15)16(17)18/h1-2H,15H2. The minimum absolute atomic E-state index is 0.0166. The quantitative estimate of drug-likeness (QED) is 0.370. The Morgan fingerprint density at radius 3 is 1.72 bits per heavy atom. The average Bonchev–Trinajstić information content (AvgIpc) is 2.12. The average molecular weight is 274 g/mol. The number of benzene rings is 1. The Labute approximate surface area is 95.1 Å². The fourth-order valence-electron chi connectivity index (χ4n) is 1.28. The number of rotatable bonds is 1. The van der Waals surface area contributed by atoms with Gasteiger partial charge >= 0.3 is 18.0 Å². The van der Waals surface area contributed by atoms with E-state index in [0.717, 1.165) is 0 Å². The van der Waals surface area contributed by atoms with Crippen molar-refractivity contribution in [1.82, 2.24) is 0 Å². The molecule has 0 aliphatic rings. The Balaban J connectivity index is 3.64. The molecule has 4 nitrogen and oxygen atoms in total. The number of halogens is 6. The molecule has 18 heavy (non-hydrogen) atoms. The van der Waals surface area contributed by atoms with Crippen LogP contribution in [0.25, 0.3) is 0 Å². The molecule has 0 spiro atoms. The third-order valence-electron chi connectivity index (χ3n) is 2.01. The number of alkyl halides is 6. The van der Waals surface area contributed by atoms with Crippen molar-refractivity contribution in [3.63, 3.8) is 0 Å². The summed E-state index contributed by atoms with van der Waals surface area (Å²) in [6, 6.07) is 0.0441. The first-order valence-electron chi connectivity index (χ1n) is 4.17. The number of nitrogens with zero attached hydrogens (tertiary/aromatic N) is 1. The van der Waals surface area contributed by atoms with Crippen LogP contribution in [0.5, 0.6) is 0 Å². The van der Waals surface area contributed by atoms with Crippen LogP contribution in [0.1, 0.15) is 11.1 Å². The molecule has 0 aromatic heterocycles. The topological polar surface area (TPSA) is 69.2 Å². The van der Waals surface area contributed by atoms with Crippen LogP contribution in [-0.2, 0) is 12.4 Å². The zero-order valence-electron chi connectivity index (χ0n) is 8.26. The molecule has 0 radical (unpaired) electrons. The smallest absolute Gasteiger partial charge is 0.393 e. The second-order valence-electron chi connectivity index (χ2n) is 3.18. The summed E-state index contributed by atoms with van der Waals surface area (Å²) in [5, 5.41) is 10.4. The maximum Gasteiger partial charge on any atom is 0.423 e. The van der Waals surface area contributed by atoms with Crippen LogP contribution in [-0.4, -0.2) is 4.92 Å². The third-order valence-corrected chi connectivity index (χ3v) is 2.01. The Morgan fingerprint density at radius 1 is 1.00 bits per heavy atom. The molecule has 100 valence electrons. The first-order chi connectivity index (χ1) is 7.96. The number of nitrogen functional groups attached to an aromatic ring is 1. The van der Waals surface area contributed by atoms with Gasteiger partial charge in [0.05, 0.1) is 10.5 Å². The van der Waals surface area contributed by atoms with E-state index in [-0.39, 0.29) is 12.1 Å². The molecule has 1 aromatic rings. The highest BCUT2D eigenvalue weighted by molar-refractivity contribution is 5.68. The molecule has 1 rings (SSSR count). The SMILES string of the molecule is Nc1c(C(F)(F)F)ccc(C(F)(F)F)c1[N+](=O)[O-]. The van der Waals surface area contributed by atoms with Crippen LogP contribution in [0.15, 0.2) is 12.1 Å². The van der Waals surface area contributed by atoms with E-state index in [1.807, 2.05) is 0 Å². The number of hydrogen-bond donors (Lipinski definition) is 1. The van der Waals surface area contributed by atoms with Gasteiger partial charge in [0.2, 0.25) is 0 Å². The van der Waals surface area contributed by atoms with Gasteiger partial charge in [-0.15, -0.1) is 0 Å². The number of nitro benzene ring substituents is 1. The minimum atomic E-state index is -5.17. The van der Waals surface area contributed by atoms with Gasteiger partial charge in [-0.25, -0.2) is 0 Å². The highest BCUT2D eigenvalue weighted by Gasteiger charge is 2.44. The van der Waals surface area contributed by atoms with E-state index >= 15 is 0 Å². The first kappa shape index (κ1) is 14.1. The zero-order chi connectivity index (χ0) is 14.3. The van der Waals surface area contributed by atoms with Crippen LogP contribution in [0.2, 0.25) is 0 Å². The highest BCUT2D eigenvalue weighted by atomic mass is 19.4. The second-order valence-corrected chi connectivity index (χ2v) is 3.18. The van der Waals surface area contributed by atoms with Crippen molar-refractivity contribution in [3.05, 3.63) is 33.4 Å². The molecular weight excluding hydrogens is 270 g/mol. The summed E-state index contributed by atoms with van der Waals surface area (Å²) >= 11 is 0. The van der Waals surface area contributed by atoms with Crippen LogP contribution in [0.3, 0.4) is 0 Å². The Morgan fingerprint density at radius 2 is 1.39 bits per heavy atom. The van der Waals surface area contributed by atoms with E-state index in [1.165, 1.54) is 0 Å². The summed E-state index contributed by atoms with van der Waals surface area (Å²) < 4.78 is 74.1. The van der Waals surface area contributed by atoms with Gasteiger partial charge in [0.1, 0.15) is 11.3 Å². The Hall–Kier alpha value is -2.00. The minimum Gasteiger partial charge on any atom is -0.393 e. The van der Waals surface area contributed by atoms with Crippen molar-refractivity contribution in [3.8, 4) is 0 Å². The molecule has 0 atom stereocenters. The summed E-state index contributed by atoms with van der Waals surface area (Å²) in [7, 11) is 0. The molecule has 0 amide bonds. The molecule has 0 aliphatic carbocycles. The number of hydrogen-bond acceptors (Lipinski definition) is 3. The molecular formula is C8H4F6N2O2. The van der Waals surface area contributed by atoms with Crippen molar-refractivity contribution in [2.75, 3.05) is 5.73 Å². The molecule has 0 fully saturated rings. The molecule has 0 saturated carbocycles. The molecule has 2 N–H and O–H groups in total. The fraction of sp³-hybridized carbons (Fsp3) is 0.250. The zero-order valence-corrected chi connectivity index (χ0v) is 8.26. The lowest BCUT2D eigenvalue weighted by Gasteiger charge is -2.13. The largest absolute Gasteiger partial charge is 0.423 e. The lowest BCUT2D eigenvalue weighted by molar-refractivity contribution is -0.387. The monoisotopic (exact) mass is 274 g/mol. The molecule has 0 bridgehead atoms. The maximum atomic E-state index is 12.4. The second kappa shape index (κ2) is 4.03. The number of nitrogens with two attached hydrogens (primary N) is 1. The molecule has 0 saturated heterocycles. The van der Waals surface area contributed by atoms with Crippen LogP contribution in [0, 0.1) is 10.1 Å². The van der Waals surface area contributed by atoms with Crippen molar-refractivity contribution >= 4 is 11.4 Å². The van der Waals surface area contributed by atoms with Gasteiger partial charge in [0.25, 0.3) is 0 Å². The highest BCUT2D eigenvalue weighted by Crippen LogP contribution is 2.44. The van der Waals surface area contributed by atoms with E-state index in [0.29, 0.717) is 0 Å². The lowest BCUT2D eigenvalue weighted by Crippen LogP contribution is -2.15. The Kier molecular flexibility index (Phi) is 3.15. The van der Waals surface area contributed by atoms with E-state index < -0.39 is 39.8 Å². The van der Waals surface area contributed by atoms with Crippen LogP contribution in [0.4, 0.5) is 37.7 Å².